The third-order valence-corrected chi connectivity index (χ3v) is 2.96. The Balaban J connectivity index is 2.08. The summed E-state index contributed by atoms with van der Waals surface area (Å²) in [6.07, 6.45) is 2.85. The van der Waals surface area contributed by atoms with Crippen LogP contribution < -0.4 is 0 Å². The SMILES string of the molecule is CC(Cl)C(=O)N1CC(O)C(n2cccn2)C1. The van der Waals surface area contributed by atoms with Crippen molar-refractivity contribution < 1.29 is 9.90 Å². The largest absolute Gasteiger partial charge is 0.389 e. The summed E-state index contributed by atoms with van der Waals surface area (Å²) in [5.41, 5.74) is 0. The molecule has 1 aliphatic heterocycles. The van der Waals surface area contributed by atoms with Crippen molar-refractivity contribution in [2.24, 2.45) is 0 Å². The fourth-order valence-corrected chi connectivity index (χ4v) is 2.08. The van der Waals surface area contributed by atoms with E-state index in [1.807, 2.05) is 0 Å². The Bertz CT molecular complexity index is 366. The molecule has 1 N–H and O–H groups in total. The molecule has 1 aliphatic rings. The summed E-state index contributed by atoms with van der Waals surface area (Å²) >= 11 is 5.73. The van der Waals surface area contributed by atoms with E-state index < -0.39 is 11.5 Å². The number of halogens is 1. The highest BCUT2D eigenvalue weighted by atomic mass is 35.5. The minimum atomic E-state index is -0.584. The molecule has 2 rings (SSSR count). The number of hydrogen-bond acceptors (Lipinski definition) is 3. The predicted molar refractivity (Wildman–Crippen MR) is 59.2 cm³/mol. The molecule has 0 saturated carbocycles. The summed E-state index contributed by atoms with van der Waals surface area (Å²) in [7, 11) is 0. The van der Waals surface area contributed by atoms with E-state index in [2.05, 4.69) is 5.10 Å². The van der Waals surface area contributed by atoms with Gasteiger partial charge in [0.15, 0.2) is 0 Å². The molecular formula is C10H14ClN3O2. The molecule has 1 amide bonds. The van der Waals surface area contributed by atoms with Crippen LogP contribution in [-0.4, -0.2) is 50.3 Å². The molecule has 1 saturated heterocycles. The first-order valence-electron chi connectivity index (χ1n) is 5.19. The fraction of sp³-hybridized carbons (Fsp3) is 0.600. The third-order valence-electron chi connectivity index (χ3n) is 2.78. The van der Waals surface area contributed by atoms with Gasteiger partial charge in [0.2, 0.25) is 5.91 Å². The van der Waals surface area contributed by atoms with Crippen molar-refractivity contribution >= 4 is 17.5 Å². The number of aliphatic hydroxyl groups excluding tert-OH is 1. The lowest BCUT2D eigenvalue weighted by Gasteiger charge is -2.17. The van der Waals surface area contributed by atoms with Gasteiger partial charge in [0.25, 0.3) is 0 Å². The average Bonchev–Trinajstić information content (AvgIpc) is 2.84. The van der Waals surface area contributed by atoms with Crippen LogP contribution in [0.1, 0.15) is 13.0 Å². The predicted octanol–water partition coefficient (Wildman–Crippen LogP) is 0.255. The van der Waals surface area contributed by atoms with Gasteiger partial charge >= 0.3 is 0 Å². The van der Waals surface area contributed by atoms with Crippen molar-refractivity contribution in [2.75, 3.05) is 13.1 Å². The highest BCUT2D eigenvalue weighted by Crippen LogP contribution is 2.22. The maximum absolute atomic E-state index is 11.7. The van der Waals surface area contributed by atoms with Crippen molar-refractivity contribution in [3.8, 4) is 0 Å². The van der Waals surface area contributed by atoms with Crippen molar-refractivity contribution in [3.63, 3.8) is 0 Å². The molecule has 1 aromatic rings. The number of amides is 1. The standard InChI is InChI=1S/C10H14ClN3O2/c1-7(11)10(16)13-5-8(9(15)6-13)14-4-2-3-12-14/h2-4,7-9,15H,5-6H2,1H3. The van der Waals surface area contributed by atoms with Crippen LogP contribution >= 0.6 is 11.6 Å². The van der Waals surface area contributed by atoms with Crippen LogP contribution in [0, 0.1) is 0 Å². The Morgan fingerprint density at radius 2 is 2.38 bits per heavy atom. The number of carbonyl (C=O) groups is 1. The molecule has 3 unspecified atom stereocenters. The molecule has 88 valence electrons. The molecule has 2 heterocycles. The Labute approximate surface area is 98.6 Å². The summed E-state index contributed by atoms with van der Waals surface area (Å²) < 4.78 is 1.68. The first-order chi connectivity index (χ1) is 7.59. The van der Waals surface area contributed by atoms with Gasteiger partial charge in [-0.1, -0.05) is 0 Å². The number of carbonyl (C=O) groups excluding carboxylic acids is 1. The number of alkyl halides is 1. The van der Waals surface area contributed by atoms with Gasteiger partial charge < -0.3 is 10.0 Å². The molecule has 0 radical (unpaired) electrons. The molecule has 1 fully saturated rings. The first kappa shape index (κ1) is 11.4. The van der Waals surface area contributed by atoms with Crippen LogP contribution in [-0.2, 0) is 4.79 Å². The van der Waals surface area contributed by atoms with Gasteiger partial charge in [-0.15, -0.1) is 11.6 Å². The zero-order valence-electron chi connectivity index (χ0n) is 8.95. The second-order valence-electron chi connectivity index (χ2n) is 3.98. The lowest BCUT2D eigenvalue weighted by atomic mass is 10.2. The van der Waals surface area contributed by atoms with E-state index in [1.165, 1.54) is 0 Å². The zero-order chi connectivity index (χ0) is 11.7. The van der Waals surface area contributed by atoms with Crippen molar-refractivity contribution in [1.82, 2.24) is 14.7 Å². The van der Waals surface area contributed by atoms with Gasteiger partial charge in [-0.3, -0.25) is 9.48 Å². The van der Waals surface area contributed by atoms with Gasteiger partial charge in [0, 0.05) is 25.5 Å². The number of likely N-dealkylation sites (tertiary alicyclic amines) is 1. The summed E-state index contributed by atoms with van der Waals surface area (Å²) in [5, 5.41) is 13.4. The molecule has 1 aromatic heterocycles. The second-order valence-corrected chi connectivity index (χ2v) is 4.63. The summed E-state index contributed by atoms with van der Waals surface area (Å²) in [6.45, 7) is 2.41. The maximum Gasteiger partial charge on any atom is 0.240 e. The zero-order valence-corrected chi connectivity index (χ0v) is 9.71. The van der Waals surface area contributed by atoms with Crippen LogP contribution in [0.5, 0.6) is 0 Å². The Morgan fingerprint density at radius 3 is 2.94 bits per heavy atom. The molecule has 0 bridgehead atoms. The smallest absolute Gasteiger partial charge is 0.240 e. The third kappa shape index (κ3) is 2.05. The van der Waals surface area contributed by atoms with E-state index >= 15 is 0 Å². The molecule has 0 aromatic carbocycles. The van der Waals surface area contributed by atoms with E-state index in [4.69, 9.17) is 11.6 Å². The number of hydrogen-bond donors (Lipinski definition) is 1. The van der Waals surface area contributed by atoms with E-state index in [0.29, 0.717) is 13.1 Å². The molecule has 6 heteroatoms. The van der Waals surface area contributed by atoms with Crippen molar-refractivity contribution in [3.05, 3.63) is 18.5 Å². The molecule has 3 atom stereocenters. The van der Waals surface area contributed by atoms with E-state index in [0.717, 1.165) is 0 Å². The Kier molecular flexibility index (Phi) is 3.16. The fourth-order valence-electron chi connectivity index (χ4n) is 1.94. The van der Waals surface area contributed by atoms with Crippen molar-refractivity contribution in [1.29, 1.82) is 0 Å². The molecular weight excluding hydrogens is 230 g/mol. The normalized spacial score (nSPS) is 27.1. The van der Waals surface area contributed by atoms with Crippen LogP contribution in [0.15, 0.2) is 18.5 Å². The van der Waals surface area contributed by atoms with Gasteiger partial charge in [-0.05, 0) is 13.0 Å². The summed E-state index contributed by atoms with van der Waals surface area (Å²) in [5.74, 6) is -0.143. The van der Waals surface area contributed by atoms with Crippen LogP contribution in [0.2, 0.25) is 0 Å². The highest BCUT2D eigenvalue weighted by molar-refractivity contribution is 6.30. The summed E-state index contributed by atoms with van der Waals surface area (Å²) in [6, 6.07) is 1.62. The van der Waals surface area contributed by atoms with Gasteiger partial charge in [0.05, 0.1) is 12.1 Å². The van der Waals surface area contributed by atoms with Crippen LogP contribution in [0.4, 0.5) is 0 Å². The first-order valence-corrected chi connectivity index (χ1v) is 5.63. The minimum absolute atomic E-state index is 0.143. The van der Waals surface area contributed by atoms with Crippen molar-refractivity contribution in [2.45, 2.75) is 24.4 Å². The topological polar surface area (TPSA) is 58.4 Å². The molecule has 16 heavy (non-hydrogen) atoms. The number of aromatic nitrogens is 2. The van der Waals surface area contributed by atoms with Gasteiger partial charge in [-0.25, -0.2) is 0 Å². The monoisotopic (exact) mass is 243 g/mol. The van der Waals surface area contributed by atoms with E-state index in [-0.39, 0.29) is 11.9 Å². The minimum Gasteiger partial charge on any atom is -0.389 e. The van der Waals surface area contributed by atoms with E-state index in [9.17, 15) is 9.90 Å². The molecule has 0 spiro atoms. The number of β-amino-alcohol motifs (C(OH)–C–C–N with tert-alkyl or cyclic N) is 1. The van der Waals surface area contributed by atoms with E-state index in [1.54, 1.807) is 35.0 Å². The highest BCUT2D eigenvalue weighted by Gasteiger charge is 2.36. The van der Waals surface area contributed by atoms with Gasteiger partial charge in [-0.2, -0.15) is 5.10 Å². The maximum atomic E-state index is 11.7. The average molecular weight is 244 g/mol. The summed E-state index contributed by atoms with van der Waals surface area (Å²) in [4.78, 5) is 13.2. The van der Waals surface area contributed by atoms with Crippen LogP contribution in [0.3, 0.4) is 0 Å². The lowest BCUT2D eigenvalue weighted by molar-refractivity contribution is -0.129. The lowest BCUT2D eigenvalue weighted by Crippen LogP contribution is -2.34. The Hall–Kier alpha value is -1.07. The Morgan fingerprint density at radius 1 is 1.62 bits per heavy atom. The molecule has 5 nitrogen and oxygen atoms in total. The van der Waals surface area contributed by atoms with Crippen LogP contribution in [0.25, 0.3) is 0 Å². The number of aliphatic hydroxyl groups is 1. The number of rotatable bonds is 2. The second kappa shape index (κ2) is 4.43. The van der Waals surface area contributed by atoms with Gasteiger partial charge in [0.1, 0.15) is 5.38 Å². The number of nitrogens with zero attached hydrogens (tertiary/aromatic N) is 3. The quantitative estimate of drug-likeness (QED) is 0.758. The molecule has 0 aliphatic carbocycles.